The van der Waals surface area contributed by atoms with E-state index in [-0.39, 0.29) is 0 Å². The average molecular weight is 187 g/mol. The Kier molecular flexibility index (Phi) is 2.42. The van der Waals surface area contributed by atoms with E-state index in [0.29, 0.717) is 12.0 Å². The first-order valence-corrected chi connectivity index (χ1v) is 5.14. The lowest BCUT2D eigenvalue weighted by Crippen LogP contribution is -2.38. The van der Waals surface area contributed by atoms with E-state index in [4.69, 9.17) is 0 Å². The summed E-state index contributed by atoms with van der Waals surface area (Å²) in [7, 11) is 2.01. The Balaban J connectivity index is 2.21. The van der Waals surface area contributed by atoms with Crippen molar-refractivity contribution < 1.29 is 0 Å². The summed E-state index contributed by atoms with van der Waals surface area (Å²) in [4.78, 5) is 0. The lowest BCUT2D eigenvalue weighted by Gasteiger charge is -2.36. The summed E-state index contributed by atoms with van der Waals surface area (Å²) in [6.07, 6.45) is 1.19. The molecule has 0 heterocycles. The maximum atomic E-state index is 4.04. The van der Waals surface area contributed by atoms with Gasteiger partial charge in [-0.3, -0.25) is 0 Å². The number of likely N-dealkylation sites (N-methyl/N-ethyl adjacent to an activating group) is 1. The van der Waals surface area contributed by atoms with Crippen molar-refractivity contribution in [3.05, 3.63) is 47.5 Å². The molecule has 1 aromatic rings. The van der Waals surface area contributed by atoms with Crippen LogP contribution < -0.4 is 5.32 Å². The quantitative estimate of drug-likeness (QED) is 0.717. The predicted octanol–water partition coefficient (Wildman–Crippen LogP) is 2.49. The molecule has 0 saturated heterocycles. The van der Waals surface area contributed by atoms with Crippen molar-refractivity contribution in [1.29, 1.82) is 0 Å². The van der Waals surface area contributed by atoms with Gasteiger partial charge in [-0.05, 0) is 31.5 Å². The second-order valence-electron chi connectivity index (χ2n) is 4.12. The van der Waals surface area contributed by atoms with Gasteiger partial charge in [0.15, 0.2) is 0 Å². The Bertz CT molecular complexity index is 354. The summed E-state index contributed by atoms with van der Waals surface area (Å²) >= 11 is 0. The zero-order valence-corrected chi connectivity index (χ0v) is 8.88. The maximum Gasteiger partial charge on any atom is 0.0344 e. The molecule has 1 nitrogen and oxygen atoms in total. The van der Waals surface area contributed by atoms with Gasteiger partial charge in [0, 0.05) is 12.0 Å². The summed E-state index contributed by atoms with van der Waals surface area (Å²) in [6, 6.07) is 9.12. The molecule has 1 aliphatic carbocycles. The monoisotopic (exact) mass is 187 g/mol. The fraction of sp³-hybridized carbons (Fsp3) is 0.385. The highest BCUT2D eigenvalue weighted by Gasteiger charge is 2.31. The first kappa shape index (κ1) is 9.47. The van der Waals surface area contributed by atoms with E-state index in [1.807, 2.05) is 7.05 Å². The minimum atomic E-state index is 0.435. The van der Waals surface area contributed by atoms with Crippen molar-refractivity contribution in [2.45, 2.75) is 25.3 Å². The van der Waals surface area contributed by atoms with Gasteiger partial charge in [-0.1, -0.05) is 36.4 Å². The topological polar surface area (TPSA) is 12.0 Å². The van der Waals surface area contributed by atoms with Crippen LogP contribution in [0.4, 0.5) is 0 Å². The normalized spacial score (nSPS) is 20.9. The van der Waals surface area contributed by atoms with E-state index >= 15 is 0 Å². The average Bonchev–Trinajstić information content (AvgIpc) is 2.13. The molecule has 1 aliphatic rings. The van der Waals surface area contributed by atoms with Crippen molar-refractivity contribution in [2.24, 2.45) is 0 Å². The Morgan fingerprint density at radius 1 is 1.50 bits per heavy atom. The molecule has 14 heavy (non-hydrogen) atoms. The smallest absolute Gasteiger partial charge is 0.0344 e. The number of hydrogen-bond donors (Lipinski definition) is 1. The molecule has 0 saturated carbocycles. The van der Waals surface area contributed by atoms with Gasteiger partial charge < -0.3 is 5.32 Å². The Morgan fingerprint density at radius 3 is 2.79 bits per heavy atom. The van der Waals surface area contributed by atoms with Crippen LogP contribution in [-0.4, -0.2) is 13.1 Å². The predicted molar refractivity (Wildman–Crippen MR) is 60.5 cm³/mol. The molecule has 0 aromatic heterocycles. The van der Waals surface area contributed by atoms with E-state index < -0.39 is 0 Å². The van der Waals surface area contributed by atoms with Crippen molar-refractivity contribution >= 4 is 0 Å². The number of hydrogen-bond acceptors (Lipinski definition) is 1. The van der Waals surface area contributed by atoms with E-state index in [0.717, 1.165) is 0 Å². The molecule has 0 bridgehead atoms. The van der Waals surface area contributed by atoms with Gasteiger partial charge in [-0.25, -0.2) is 0 Å². The van der Waals surface area contributed by atoms with Gasteiger partial charge in [0.2, 0.25) is 0 Å². The molecule has 74 valence electrons. The van der Waals surface area contributed by atoms with Crippen LogP contribution in [0.2, 0.25) is 0 Å². The molecule has 0 aliphatic heterocycles. The van der Waals surface area contributed by atoms with E-state index in [1.54, 1.807) is 0 Å². The summed E-state index contributed by atoms with van der Waals surface area (Å²) in [5.74, 6) is 0.633. The highest BCUT2D eigenvalue weighted by atomic mass is 14.9. The highest BCUT2D eigenvalue weighted by Crippen LogP contribution is 2.38. The van der Waals surface area contributed by atoms with Gasteiger partial charge >= 0.3 is 0 Å². The van der Waals surface area contributed by atoms with Crippen molar-refractivity contribution in [3.8, 4) is 0 Å². The third-order valence-corrected chi connectivity index (χ3v) is 3.14. The second kappa shape index (κ2) is 3.58. The van der Waals surface area contributed by atoms with Crippen LogP contribution in [0.5, 0.6) is 0 Å². The van der Waals surface area contributed by atoms with Crippen LogP contribution in [0.25, 0.3) is 0 Å². The third kappa shape index (κ3) is 1.38. The Labute approximate surface area is 85.8 Å². The molecule has 1 aromatic carbocycles. The zero-order chi connectivity index (χ0) is 10.1. The molecule has 2 unspecified atom stereocenters. The van der Waals surface area contributed by atoms with Crippen molar-refractivity contribution in [1.82, 2.24) is 5.32 Å². The maximum absolute atomic E-state index is 4.04. The fourth-order valence-corrected chi connectivity index (χ4v) is 2.39. The van der Waals surface area contributed by atoms with E-state index in [2.05, 4.69) is 43.1 Å². The van der Waals surface area contributed by atoms with Gasteiger partial charge in [0.25, 0.3) is 0 Å². The van der Waals surface area contributed by atoms with Crippen LogP contribution in [0, 0.1) is 0 Å². The van der Waals surface area contributed by atoms with Crippen LogP contribution >= 0.6 is 0 Å². The fourth-order valence-electron chi connectivity index (χ4n) is 2.39. The second-order valence-corrected chi connectivity index (χ2v) is 4.12. The summed E-state index contributed by atoms with van der Waals surface area (Å²) in [6.45, 7) is 6.14. The Morgan fingerprint density at radius 2 is 2.21 bits per heavy atom. The largest absolute Gasteiger partial charge is 0.313 e. The molecule has 0 amide bonds. The first-order chi connectivity index (χ1) is 6.74. The molecular formula is C13H17N. The van der Waals surface area contributed by atoms with Gasteiger partial charge in [0.1, 0.15) is 0 Å². The van der Waals surface area contributed by atoms with Crippen molar-refractivity contribution in [2.75, 3.05) is 7.05 Å². The van der Waals surface area contributed by atoms with Crippen LogP contribution in [0.15, 0.2) is 36.4 Å². The molecule has 2 rings (SSSR count). The summed E-state index contributed by atoms with van der Waals surface area (Å²) < 4.78 is 0. The number of nitrogens with one attached hydrogen (secondary N) is 1. The number of fused-ring (bicyclic) bond motifs is 1. The molecular weight excluding hydrogens is 170 g/mol. The van der Waals surface area contributed by atoms with E-state index in [1.165, 1.54) is 23.1 Å². The highest BCUT2D eigenvalue weighted by molar-refractivity contribution is 5.42. The van der Waals surface area contributed by atoms with Crippen LogP contribution in [0.3, 0.4) is 0 Å². The standard InChI is InChI=1S/C13H17N/c1-9(2)13(14-3)12-8-10-6-4-5-7-11(10)12/h4-7,12-14H,1,8H2,2-3H3. The molecule has 1 N–H and O–H groups in total. The summed E-state index contributed by atoms with van der Waals surface area (Å²) in [5, 5.41) is 3.34. The molecule has 1 heteroatoms. The molecule has 0 fully saturated rings. The lowest BCUT2D eigenvalue weighted by atomic mass is 9.72. The van der Waals surface area contributed by atoms with E-state index in [9.17, 15) is 0 Å². The third-order valence-electron chi connectivity index (χ3n) is 3.14. The molecule has 2 atom stereocenters. The van der Waals surface area contributed by atoms with Crippen LogP contribution in [0.1, 0.15) is 24.0 Å². The van der Waals surface area contributed by atoms with Gasteiger partial charge in [0.05, 0.1) is 0 Å². The molecule has 0 radical (unpaired) electrons. The Hall–Kier alpha value is -1.08. The number of rotatable bonds is 3. The number of benzene rings is 1. The van der Waals surface area contributed by atoms with Crippen LogP contribution in [-0.2, 0) is 6.42 Å². The zero-order valence-electron chi connectivity index (χ0n) is 8.88. The summed E-state index contributed by atoms with van der Waals surface area (Å²) in [5.41, 5.74) is 4.22. The SMILES string of the molecule is C=C(C)C(NC)C1Cc2ccccc21. The lowest BCUT2D eigenvalue weighted by molar-refractivity contribution is 0.471. The minimum absolute atomic E-state index is 0.435. The van der Waals surface area contributed by atoms with Gasteiger partial charge in [-0.15, -0.1) is 0 Å². The van der Waals surface area contributed by atoms with Gasteiger partial charge in [-0.2, -0.15) is 0 Å². The first-order valence-electron chi connectivity index (χ1n) is 5.14. The van der Waals surface area contributed by atoms with Crippen molar-refractivity contribution in [3.63, 3.8) is 0 Å². The minimum Gasteiger partial charge on any atom is -0.313 e. The molecule has 0 spiro atoms.